The number of nitrogens with zero attached hydrogens (tertiary/aromatic N) is 3. The number of rotatable bonds is 6. The Balaban J connectivity index is 2.81. The molecule has 16 heavy (non-hydrogen) atoms. The van der Waals surface area contributed by atoms with Gasteiger partial charge in [0.1, 0.15) is 5.82 Å². The van der Waals surface area contributed by atoms with E-state index in [-0.39, 0.29) is 0 Å². The summed E-state index contributed by atoms with van der Waals surface area (Å²) in [5, 5.41) is 4.23. The number of aldehydes is 1. The molecular weight excluding hydrogens is 206 g/mol. The molecule has 0 aliphatic rings. The molecule has 0 atom stereocenters. The van der Waals surface area contributed by atoms with Crippen LogP contribution in [-0.4, -0.2) is 42.9 Å². The predicted molar refractivity (Wildman–Crippen MR) is 63.1 cm³/mol. The van der Waals surface area contributed by atoms with Gasteiger partial charge in [-0.05, 0) is 13.8 Å². The lowest BCUT2D eigenvalue weighted by molar-refractivity contribution is 0.112. The van der Waals surface area contributed by atoms with E-state index in [0.29, 0.717) is 18.8 Å². The molecule has 5 nitrogen and oxygen atoms in total. The first-order valence-corrected chi connectivity index (χ1v) is 5.39. The Hall–Kier alpha value is -1.36. The summed E-state index contributed by atoms with van der Waals surface area (Å²) in [6, 6.07) is 0. The van der Waals surface area contributed by atoms with Gasteiger partial charge < -0.3 is 9.64 Å². The van der Waals surface area contributed by atoms with Crippen molar-refractivity contribution in [1.82, 2.24) is 9.78 Å². The first kappa shape index (κ1) is 12.7. The van der Waals surface area contributed by atoms with Crippen molar-refractivity contribution in [3.8, 4) is 0 Å². The summed E-state index contributed by atoms with van der Waals surface area (Å²) in [5.41, 5.74) is 1.41. The van der Waals surface area contributed by atoms with Crippen molar-refractivity contribution in [1.29, 1.82) is 0 Å². The van der Waals surface area contributed by atoms with Gasteiger partial charge in [0.2, 0.25) is 0 Å². The van der Waals surface area contributed by atoms with Crippen LogP contribution in [0.15, 0.2) is 0 Å². The SMILES string of the molecule is CCOCCN(C)c1c(C=O)c(C)nn1C. The third kappa shape index (κ3) is 2.61. The van der Waals surface area contributed by atoms with Crippen LogP contribution in [0, 0.1) is 6.92 Å². The number of carbonyl (C=O) groups excluding carboxylic acids is 1. The van der Waals surface area contributed by atoms with E-state index in [1.165, 1.54) is 0 Å². The number of ether oxygens (including phenoxy) is 1. The number of aromatic nitrogens is 2. The Morgan fingerprint density at radius 1 is 1.56 bits per heavy atom. The van der Waals surface area contributed by atoms with Crippen LogP contribution in [0.4, 0.5) is 5.82 Å². The van der Waals surface area contributed by atoms with Crippen LogP contribution in [0.25, 0.3) is 0 Å². The fraction of sp³-hybridized carbons (Fsp3) is 0.636. The van der Waals surface area contributed by atoms with E-state index in [0.717, 1.165) is 24.3 Å². The number of likely N-dealkylation sites (N-methyl/N-ethyl adjacent to an activating group) is 1. The molecule has 0 aliphatic carbocycles. The van der Waals surface area contributed by atoms with Crippen molar-refractivity contribution in [3.05, 3.63) is 11.3 Å². The summed E-state index contributed by atoms with van der Waals surface area (Å²) in [7, 11) is 3.77. The molecule has 1 aromatic rings. The summed E-state index contributed by atoms with van der Waals surface area (Å²) in [6.07, 6.45) is 0.856. The van der Waals surface area contributed by atoms with E-state index in [1.54, 1.807) is 4.68 Å². The molecule has 0 saturated carbocycles. The van der Waals surface area contributed by atoms with E-state index < -0.39 is 0 Å². The molecule has 0 aromatic carbocycles. The van der Waals surface area contributed by atoms with Gasteiger partial charge in [0.25, 0.3) is 0 Å². The summed E-state index contributed by atoms with van der Waals surface area (Å²) < 4.78 is 7.01. The molecule has 0 spiro atoms. The molecule has 90 valence electrons. The minimum atomic E-state index is 0.648. The van der Waals surface area contributed by atoms with Crippen LogP contribution < -0.4 is 4.90 Å². The van der Waals surface area contributed by atoms with Gasteiger partial charge in [0.05, 0.1) is 17.9 Å². The Morgan fingerprint density at radius 3 is 2.81 bits per heavy atom. The number of hydrogen-bond acceptors (Lipinski definition) is 4. The first-order valence-electron chi connectivity index (χ1n) is 5.39. The molecule has 0 unspecified atom stereocenters. The van der Waals surface area contributed by atoms with Gasteiger partial charge in [-0.3, -0.25) is 9.48 Å². The van der Waals surface area contributed by atoms with Gasteiger partial charge in [-0.2, -0.15) is 5.10 Å². The van der Waals surface area contributed by atoms with Crippen LogP contribution in [-0.2, 0) is 11.8 Å². The third-order valence-corrected chi connectivity index (χ3v) is 2.49. The molecule has 5 heteroatoms. The number of aryl methyl sites for hydroxylation is 2. The van der Waals surface area contributed by atoms with Gasteiger partial charge in [-0.15, -0.1) is 0 Å². The lowest BCUT2D eigenvalue weighted by atomic mass is 10.2. The maximum absolute atomic E-state index is 11.0. The van der Waals surface area contributed by atoms with Gasteiger partial charge in [-0.25, -0.2) is 0 Å². The molecule has 0 saturated heterocycles. The topological polar surface area (TPSA) is 47.4 Å². The van der Waals surface area contributed by atoms with Crippen molar-refractivity contribution >= 4 is 12.1 Å². The fourth-order valence-electron chi connectivity index (χ4n) is 1.70. The Morgan fingerprint density at radius 2 is 2.25 bits per heavy atom. The van der Waals surface area contributed by atoms with Crippen LogP contribution in [0.1, 0.15) is 23.0 Å². The third-order valence-electron chi connectivity index (χ3n) is 2.49. The highest BCUT2D eigenvalue weighted by molar-refractivity contribution is 5.84. The maximum Gasteiger partial charge on any atom is 0.155 e. The lowest BCUT2D eigenvalue weighted by Crippen LogP contribution is -2.25. The highest BCUT2D eigenvalue weighted by Gasteiger charge is 2.15. The first-order chi connectivity index (χ1) is 7.61. The molecule has 0 amide bonds. The Bertz CT molecular complexity index is 360. The Kier molecular flexibility index (Phi) is 4.49. The number of anilines is 1. The molecule has 1 heterocycles. The maximum atomic E-state index is 11.0. The minimum absolute atomic E-state index is 0.648. The zero-order valence-corrected chi connectivity index (χ0v) is 10.4. The number of hydrogen-bond donors (Lipinski definition) is 0. The highest BCUT2D eigenvalue weighted by Crippen LogP contribution is 2.19. The largest absolute Gasteiger partial charge is 0.380 e. The molecule has 0 fully saturated rings. The fourth-order valence-corrected chi connectivity index (χ4v) is 1.70. The molecule has 0 radical (unpaired) electrons. The average molecular weight is 225 g/mol. The summed E-state index contributed by atoms with van der Waals surface area (Å²) in [4.78, 5) is 13.0. The second kappa shape index (κ2) is 5.65. The van der Waals surface area contributed by atoms with Gasteiger partial charge in [-0.1, -0.05) is 0 Å². The van der Waals surface area contributed by atoms with Crippen molar-refractivity contribution in [2.75, 3.05) is 31.7 Å². The average Bonchev–Trinajstić information content (AvgIpc) is 2.53. The summed E-state index contributed by atoms with van der Waals surface area (Å²) in [6.45, 7) is 5.90. The minimum Gasteiger partial charge on any atom is -0.380 e. The Labute approximate surface area is 96.0 Å². The quantitative estimate of drug-likeness (QED) is 0.535. The van der Waals surface area contributed by atoms with Gasteiger partial charge in [0.15, 0.2) is 6.29 Å². The van der Waals surface area contributed by atoms with E-state index in [1.807, 2.05) is 32.8 Å². The monoisotopic (exact) mass is 225 g/mol. The zero-order valence-electron chi connectivity index (χ0n) is 10.4. The van der Waals surface area contributed by atoms with E-state index in [2.05, 4.69) is 5.10 Å². The van der Waals surface area contributed by atoms with Crippen LogP contribution >= 0.6 is 0 Å². The number of carbonyl (C=O) groups is 1. The van der Waals surface area contributed by atoms with Gasteiger partial charge >= 0.3 is 0 Å². The van der Waals surface area contributed by atoms with Crippen molar-refractivity contribution < 1.29 is 9.53 Å². The van der Waals surface area contributed by atoms with E-state index in [4.69, 9.17) is 4.74 Å². The lowest BCUT2D eigenvalue weighted by Gasteiger charge is -2.19. The second-order valence-electron chi connectivity index (χ2n) is 3.68. The van der Waals surface area contributed by atoms with E-state index >= 15 is 0 Å². The smallest absolute Gasteiger partial charge is 0.155 e. The molecule has 1 aromatic heterocycles. The summed E-state index contributed by atoms with van der Waals surface area (Å²) >= 11 is 0. The zero-order chi connectivity index (χ0) is 12.1. The second-order valence-corrected chi connectivity index (χ2v) is 3.68. The summed E-state index contributed by atoms with van der Waals surface area (Å²) in [5.74, 6) is 0.840. The molecule has 0 aliphatic heterocycles. The molecule has 0 bridgehead atoms. The van der Waals surface area contributed by atoms with Gasteiger partial charge in [0, 0.05) is 27.2 Å². The highest BCUT2D eigenvalue weighted by atomic mass is 16.5. The standard InChI is InChI=1S/C11H19N3O2/c1-5-16-7-6-13(3)11-10(8-15)9(2)12-14(11)4/h8H,5-7H2,1-4H3. The van der Waals surface area contributed by atoms with Crippen LogP contribution in [0.5, 0.6) is 0 Å². The van der Waals surface area contributed by atoms with Crippen molar-refractivity contribution in [2.45, 2.75) is 13.8 Å². The molecule has 1 rings (SSSR count). The van der Waals surface area contributed by atoms with Crippen LogP contribution in [0.3, 0.4) is 0 Å². The van der Waals surface area contributed by atoms with Crippen molar-refractivity contribution in [3.63, 3.8) is 0 Å². The van der Waals surface area contributed by atoms with E-state index in [9.17, 15) is 4.79 Å². The molecule has 0 N–H and O–H groups in total. The normalized spacial score (nSPS) is 10.5. The van der Waals surface area contributed by atoms with Crippen molar-refractivity contribution in [2.24, 2.45) is 7.05 Å². The molecular formula is C11H19N3O2. The van der Waals surface area contributed by atoms with Crippen LogP contribution in [0.2, 0.25) is 0 Å². The predicted octanol–water partition coefficient (Wildman–Crippen LogP) is 1.01.